The van der Waals surface area contributed by atoms with Crippen molar-refractivity contribution in [3.05, 3.63) is 41.4 Å². The molecule has 1 aromatic carbocycles. The van der Waals surface area contributed by atoms with E-state index in [9.17, 15) is 0 Å². The van der Waals surface area contributed by atoms with Crippen molar-refractivity contribution in [2.45, 2.75) is 19.8 Å². The molecule has 0 fully saturated rings. The lowest BCUT2D eigenvalue weighted by Gasteiger charge is -2.15. The Morgan fingerprint density at radius 1 is 1.19 bits per heavy atom. The maximum atomic E-state index is 4.63. The Labute approximate surface area is 101 Å². The van der Waals surface area contributed by atoms with Crippen molar-refractivity contribution < 1.29 is 0 Å². The van der Waals surface area contributed by atoms with Crippen LogP contribution in [0.4, 0.5) is 10.8 Å². The van der Waals surface area contributed by atoms with Crippen LogP contribution in [0.15, 0.2) is 35.7 Å². The topological polar surface area (TPSA) is 16.1 Å². The van der Waals surface area contributed by atoms with Crippen LogP contribution in [0.25, 0.3) is 0 Å². The molecule has 2 aromatic rings. The summed E-state index contributed by atoms with van der Waals surface area (Å²) in [5.41, 5.74) is 2.34. The molecule has 0 spiro atoms. The Bertz CT molecular complexity index is 448. The molecular weight excluding hydrogens is 216 g/mol. The molecule has 0 atom stereocenters. The maximum Gasteiger partial charge on any atom is 0.189 e. The van der Waals surface area contributed by atoms with Gasteiger partial charge in [-0.2, -0.15) is 0 Å². The van der Waals surface area contributed by atoms with Gasteiger partial charge >= 0.3 is 0 Å². The third-order valence-electron chi connectivity index (χ3n) is 2.53. The van der Waals surface area contributed by atoms with Crippen molar-refractivity contribution in [1.82, 2.24) is 4.98 Å². The molecule has 0 amide bonds. The second-order valence-corrected chi connectivity index (χ2v) is 4.94. The number of anilines is 2. The third-order valence-corrected chi connectivity index (χ3v) is 3.47. The van der Waals surface area contributed by atoms with Crippen LogP contribution in [0, 0.1) is 0 Å². The molecule has 3 heteroatoms. The van der Waals surface area contributed by atoms with E-state index in [2.05, 4.69) is 48.3 Å². The van der Waals surface area contributed by atoms with Gasteiger partial charge in [-0.25, -0.2) is 4.98 Å². The molecule has 16 heavy (non-hydrogen) atoms. The van der Waals surface area contributed by atoms with Crippen molar-refractivity contribution in [1.29, 1.82) is 0 Å². The molecule has 2 nitrogen and oxygen atoms in total. The molecule has 1 aromatic heterocycles. The lowest BCUT2D eigenvalue weighted by molar-refractivity contribution is 0.831. The summed E-state index contributed by atoms with van der Waals surface area (Å²) in [7, 11) is 2.05. The van der Waals surface area contributed by atoms with E-state index < -0.39 is 0 Å². The van der Waals surface area contributed by atoms with Gasteiger partial charge in [-0.05, 0) is 18.1 Å². The van der Waals surface area contributed by atoms with E-state index in [-0.39, 0.29) is 0 Å². The highest BCUT2D eigenvalue weighted by Crippen LogP contribution is 2.28. The molecule has 0 radical (unpaired) electrons. The van der Waals surface area contributed by atoms with Gasteiger partial charge in [0.2, 0.25) is 0 Å². The average Bonchev–Trinajstić information content (AvgIpc) is 2.78. The van der Waals surface area contributed by atoms with E-state index in [0.717, 1.165) is 5.13 Å². The number of thiazole rings is 1. The standard InChI is InChI=1S/C13H16N2S/c1-10(2)12-9-16-13(14-12)15(3)11-7-5-4-6-8-11/h4-10H,1-3H3. The van der Waals surface area contributed by atoms with Crippen molar-refractivity contribution in [3.8, 4) is 0 Å². The Morgan fingerprint density at radius 3 is 2.44 bits per heavy atom. The van der Waals surface area contributed by atoms with E-state index in [0.29, 0.717) is 5.92 Å². The Kier molecular flexibility index (Phi) is 3.25. The molecule has 0 N–H and O–H groups in total. The van der Waals surface area contributed by atoms with Crippen LogP contribution in [-0.2, 0) is 0 Å². The zero-order valence-electron chi connectivity index (χ0n) is 9.84. The minimum Gasteiger partial charge on any atom is -0.321 e. The number of nitrogens with zero attached hydrogens (tertiary/aromatic N) is 2. The molecule has 0 bridgehead atoms. The lowest BCUT2D eigenvalue weighted by Crippen LogP contribution is -2.08. The SMILES string of the molecule is CC(C)c1csc(N(C)c2ccccc2)n1. The molecular formula is C13H16N2S. The fourth-order valence-corrected chi connectivity index (χ4v) is 2.43. The fourth-order valence-electron chi connectivity index (χ4n) is 1.46. The van der Waals surface area contributed by atoms with Gasteiger partial charge in [-0.15, -0.1) is 11.3 Å². The summed E-state index contributed by atoms with van der Waals surface area (Å²) in [6.45, 7) is 4.34. The summed E-state index contributed by atoms with van der Waals surface area (Å²) in [6.07, 6.45) is 0. The Morgan fingerprint density at radius 2 is 1.88 bits per heavy atom. The molecule has 1 heterocycles. The van der Waals surface area contributed by atoms with Crippen molar-refractivity contribution in [3.63, 3.8) is 0 Å². The van der Waals surface area contributed by atoms with Gasteiger partial charge in [0.25, 0.3) is 0 Å². The fraction of sp³-hybridized carbons (Fsp3) is 0.308. The quantitative estimate of drug-likeness (QED) is 0.794. The van der Waals surface area contributed by atoms with Crippen LogP contribution in [0.1, 0.15) is 25.5 Å². The predicted octanol–water partition coefficient (Wildman–Crippen LogP) is 4.03. The van der Waals surface area contributed by atoms with Crippen LogP contribution in [-0.4, -0.2) is 12.0 Å². The first kappa shape index (κ1) is 11.1. The number of hydrogen-bond acceptors (Lipinski definition) is 3. The molecule has 0 aliphatic carbocycles. The maximum absolute atomic E-state index is 4.63. The summed E-state index contributed by atoms with van der Waals surface area (Å²) < 4.78 is 0. The molecule has 0 saturated heterocycles. The highest BCUT2D eigenvalue weighted by molar-refractivity contribution is 7.13. The van der Waals surface area contributed by atoms with Crippen LogP contribution in [0.2, 0.25) is 0 Å². The first-order chi connectivity index (χ1) is 7.68. The van der Waals surface area contributed by atoms with Crippen LogP contribution < -0.4 is 4.90 Å². The van der Waals surface area contributed by atoms with Crippen LogP contribution in [0.3, 0.4) is 0 Å². The molecule has 0 unspecified atom stereocenters. The Hall–Kier alpha value is -1.35. The molecule has 84 valence electrons. The summed E-state index contributed by atoms with van der Waals surface area (Å²) in [5, 5.41) is 3.19. The summed E-state index contributed by atoms with van der Waals surface area (Å²) in [4.78, 5) is 6.75. The third kappa shape index (κ3) is 2.25. The van der Waals surface area contributed by atoms with Gasteiger partial charge < -0.3 is 4.90 Å². The Balaban J connectivity index is 2.24. The van der Waals surface area contributed by atoms with Crippen molar-refractivity contribution in [2.75, 3.05) is 11.9 Å². The minimum atomic E-state index is 0.495. The van der Waals surface area contributed by atoms with E-state index in [1.54, 1.807) is 11.3 Å². The second kappa shape index (κ2) is 4.66. The molecule has 2 rings (SSSR count). The number of benzene rings is 1. The first-order valence-corrected chi connectivity index (χ1v) is 6.30. The van der Waals surface area contributed by atoms with E-state index >= 15 is 0 Å². The molecule has 0 aliphatic heterocycles. The van der Waals surface area contributed by atoms with Crippen LogP contribution in [0.5, 0.6) is 0 Å². The van der Waals surface area contributed by atoms with Gasteiger partial charge in [0, 0.05) is 18.1 Å². The number of aromatic nitrogens is 1. The van der Waals surface area contributed by atoms with E-state index in [4.69, 9.17) is 0 Å². The van der Waals surface area contributed by atoms with Gasteiger partial charge in [0.1, 0.15) is 0 Å². The zero-order chi connectivity index (χ0) is 11.5. The summed E-state index contributed by atoms with van der Waals surface area (Å²) >= 11 is 1.70. The predicted molar refractivity (Wildman–Crippen MR) is 70.7 cm³/mol. The summed E-state index contributed by atoms with van der Waals surface area (Å²) in [6, 6.07) is 10.3. The number of rotatable bonds is 3. The first-order valence-electron chi connectivity index (χ1n) is 5.42. The van der Waals surface area contributed by atoms with Crippen molar-refractivity contribution in [2.24, 2.45) is 0 Å². The largest absolute Gasteiger partial charge is 0.321 e. The average molecular weight is 232 g/mol. The smallest absolute Gasteiger partial charge is 0.189 e. The number of para-hydroxylation sites is 1. The van der Waals surface area contributed by atoms with E-state index in [1.165, 1.54) is 11.4 Å². The monoisotopic (exact) mass is 232 g/mol. The van der Waals surface area contributed by atoms with Gasteiger partial charge in [0.15, 0.2) is 5.13 Å². The van der Waals surface area contributed by atoms with E-state index in [1.807, 2.05) is 18.2 Å². The molecule has 0 aliphatic rings. The minimum absolute atomic E-state index is 0.495. The molecule has 0 saturated carbocycles. The van der Waals surface area contributed by atoms with Gasteiger partial charge in [-0.1, -0.05) is 32.0 Å². The zero-order valence-corrected chi connectivity index (χ0v) is 10.7. The van der Waals surface area contributed by atoms with Crippen molar-refractivity contribution >= 4 is 22.2 Å². The normalized spacial score (nSPS) is 10.8. The van der Waals surface area contributed by atoms with Crippen LogP contribution >= 0.6 is 11.3 Å². The number of hydrogen-bond donors (Lipinski definition) is 0. The lowest BCUT2D eigenvalue weighted by atomic mass is 10.2. The highest BCUT2D eigenvalue weighted by atomic mass is 32.1. The summed E-state index contributed by atoms with van der Waals surface area (Å²) in [5.74, 6) is 0.495. The van der Waals surface area contributed by atoms with Gasteiger partial charge in [0.05, 0.1) is 5.69 Å². The second-order valence-electron chi connectivity index (χ2n) is 4.10. The van der Waals surface area contributed by atoms with Gasteiger partial charge in [-0.3, -0.25) is 0 Å². The highest BCUT2D eigenvalue weighted by Gasteiger charge is 2.10.